The van der Waals surface area contributed by atoms with Gasteiger partial charge in [-0.3, -0.25) is 4.79 Å². The van der Waals surface area contributed by atoms with Gasteiger partial charge in [0.15, 0.2) is 33.3 Å². The van der Waals surface area contributed by atoms with Crippen LogP contribution < -0.4 is 0 Å². The third-order valence-corrected chi connectivity index (χ3v) is 23.5. The van der Waals surface area contributed by atoms with Gasteiger partial charge in [0.2, 0.25) is 0 Å². The summed E-state index contributed by atoms with van der Waals surface area (Å²) >= 11 is 0. The van der Waals surface area contributed by atoms with Crippen LogP contribution >= 0.6 is 0 Å². The summed E-state index contributed by atoms with van der Waals surface area (Å²) in [4.78, 5) is 23.5. The van der Waals surface area contributed by atoms with Crippen molar-refractivity contribution in [3.05, 3.63) is 12.2 Å². The van der Waals surface area contributed by atoms with Crippen LogP contribution in [0, 0.1) is 0 Å². The molecule has 0 fully saturated rings. The molecule has 39 heavy (non-hydrogen) atoms. The quantitative estimate of drug-likeness (QED) is 0.0647. The first-order chi connectivity index (χ1) is 17.3. The van der Waals surface area contributed by atoms with Crippen molar-refractivity contribution in [1.82, 2.24) is 0 Å². The van der Waals surface area contributed by atoms with Crippen LogP contribution in [0.3, 0.4) is 0 Å². The first-order valence-corrected chi connectivity index (χ1v) is 31.2. The lowest BCUT2D eigenvalue weighted by molar-refractivity contribution is -0.141. The van der Waals surface area contributed by atoms with Crippen molar-refractivity contribution in [2.24, 2.45) is 0 Å². The Bertz CT molecular complexity index is 779. The van der Waals surface area contributed by atoms with E-state index in [1.165, 1.54) is 6.92 Å². The Balaban J connectivity index is 6.70. The fourth-order valence-corrected chi connectivity index (χ4v) is 27.3. The summed E-state index contributed by atoms with van der Waals surface area (Å²) in [5.74, 6) is -0.740. The highest BCUT2D eigenvalue weighted by Crippen LogP contribution is 2.35. The number of esters is 2. The highest BCUT2D eigenvalue weighted by molar-refractivity contribution is 6.92. The van der Waals surface area contributed by atoms with E-state index in [9.17, 15) is 9.59 Å². The highest BCUT2D eigenvalue weighted by Gasteiger charge is 2.58. The predicted octanol–water partition coefficient (Wildman–Crippen LogP) is 6.75. The Morgan fingerprint density at radius 1 is 0.538 bits per heavy atom. The van der Waals surface area contributed by atoms with Gasteiger partial charge in [-0.2, -0.15) is 0 Å². The molecule has 0 aromatic carbocycles. The predicted molar refractivity (Wildman–Crippen MR) is 172 cm³/mol. The van der Waals surface area contributed by atoms with Crippen LogP contribution in [0.25, 0.3) is 0 Å². The molecule has 0 aromatic heterocycles. The molecular formula is C24H56O9Si6. The smallest absolute Gasteiger partial charge is 0.466 e. The zero-order valence-corrected chi connectivity index (χ0v) is 33.1. The van der Waals surface area contributed by atoms with Crippen molar-refractivity contribution >= 4 is 62.8 Å². The molecule has 0 aliphatic carbocycles. The van der Waals surface area contributed by atoms with E-state index in [-0.39, 0.29) is 19.2 Å². The summed E-state index contributed by atoms with van der Waals surface area (Å²) in [6.07, 6.45) is 1.05. The van der Waals surface area contributed by atoms with Crippen LogP contribution in [0.1, 0.15) is 26.7 Å². The van der Waals surface area contributed by atoms with E-state index in [4.69, 9.17) is 30.0 Å². The molecule has 0 N–H and O–H groups in total. The summed E-state index contributed by atoms with van der Waals surface area (Å²) in [5.41, 5.74) is 0.359. The molecular weight excluding hydrogens is 601 g/mol. The summed E-state index contributed by atoms with van der Waals surface area (Å²) in [6.45, 7) is 32.6. The second-order valence-electron chi connectivity index (χ2n) is 13.8. The van der Waals surface area contributed by atoms with Gasteiger partial charge in [-0.1, -0.05) is 6.58 Å². The minimum absolute atomic E-state index is 0.207. The summed E-state index contributed by atoms with van der Waals surface area (Å²) in [6, 6.07) is 0.951. The maximum Gasteiger partial charge on any atom is 0.472 e. The molecule has 0 saturated heterocycles. The lowest BCUT2D eigenvalue weighted by Crippen LogP contribution is -2.67. The average Bonchev–Trinajstić information content (AvgIpc) is 2.62. The average molecular weight is 657 g/mol. The molecule has 0 aromatic rings. The molecule has 0 unspecified atom stereocenters. The number of carbonyl (C=O) groups is 2. The fraction of sp³-hybridized carbons (Fsp3) is 0.833. The Morgan fingerprint density at radius 2 is 0.846 bits per heavy atom. The lowest BCUT2D eigenvalue weighted by atomic mass is 10.4. The molecule has 0 saturated carbocycles. The van der Waals surface area contributed by atoms with E-state index in [1.54, 1.807) is 6.92 Å². The van der Waals surface area contributed by atoms with E-state index in [2.05, 4.69) is 85.1 Å². The Labute approximate surface area is 244 Å². The molecule has 9 nitrogen and oxygen atoms in total. The minimum atomic E-state index is -3.42. The van der Waals surface area contributed by atoms with E-state index >= 15 is 0 Å². The number of carbonyl (C=O) groups excluding carboxylic acids is 2. The summed E-state index contributed by atoms with van der Waals surface area (Å²) in [5, 5.41) is 0. The monoisotopic (exact) mass is 656 g/mol. The number of hydrogen-bond donors (Lipinski definition) is 0. The molecule has 15 heteroatoms. The molecule has 0 bridgehead atoms. The normalized spacial score (nSPS) is 13.8. The van der Waals surface area contributed by atoms with Crippen LogP contribution in [0.15, 0.2) is 12.2 Å². The van der Waals surface area contributed by atoms with E-state index in [1.807, 2.05) is 0 Å². The topological polar surface area (TPSA) is 98.8 Å². The van der Waals surface area contributed by atoms with Gasteiger partial charge in [-0.05, 0) is 98.3 Å². The van der Waals surface area contributed by atoms with E-state index in [0.29, 0.717) is 30.5 Å². The van der Waals surface area contributed by atoms with E-state index in [0.717, 1.165) is 0 Å². The van der Waals surface area contributed by atoms with Crippen LogP contribution in [0.5, 0.6) is 0 Å². The number of ether oxygens (including phenoxy) is 2. The highest BCUT2D eigenvalue weighted by atomic mass is 28.5. The van der Waals surface area contributed by atoms with Crippen molar-refractivity contribution < 1.29 is 39.6 Å². The van der Waals surface area contributed by atoms with Crippen molar-refractivity contribution in [3.63, 3.8) is 0 Å². The van der Waals surface area contributed by atoms with Gasteiger partial charge in [0.05, 0.1) is 13.2 Å². The zero-order chi connectivity index (χ0) is 30.9. The zero-order valence-electron chi connectivity index (χ0n) is 27.1. The van der Waals surface area contributed by atoms with Gasteiger partial charge < -0.3 is 30.0 Å². The summed E-state index contributed by atoms with van der Waals surface area (Å²) in [7, 11) is -15.6. The Kier molecular flexibility index (Phi) is 15.2. The summed E-state index contributed by atoms with van der Waals surface area (Å²) < 4.78 is 45.5. The third kappa shape index (κ3) is 19.5. The van der Waals surface area contributed by atoms with E-state index < -0.39 is 56.8 Å². The first-order valence-electron chi connectivity index (χ1n) is 13.7. The van der Waals surface area contributed by atoms with Crippen LogP contribution in [-0.2, 0) is 39.6 Å². The molecule has 0 spiro atoms. The lowest BCUT2D eigenvalue weighted by Gasteiger charge is -2.47. The van der Waals surface area contributed by atoms with Gasteiger partial charge >= 0.3 is 29.5 Å². The Morgan fingerprint density at radius 3 is 1.10 bits per heavy atom. The molecule has 0 aliphatic heterocycles. The molecule has 0 atom stereocenters. The van der Waals surface area contributed by atoms with Crippen molar-refractivity contribution in [3.8, 4) is 0 Å². The standard InChI is InChI=1S/C24H56O9Si6/c1-22(2)24(26)28-19-17-21-39(31-36(10,11)12,32-37(13,14)15)33-38(29-34(4,5)6,30-35(7,8)9)20-16-18-27-23(3)25/h1,16-21H2,2-15H3. The van der Waals surface area contributed by atoms with Gasteiger partial charge in [0.25, 0.3) is 0 Å². The van der Waals surface area contributed by atoms with Gasteiger partial charge in [0.1, 0.15) is 0 Å². The second kappa shape index (κ2) is 15.3. The molecule has 0 rings (SSSR count). The number of rotatable bonds is 19. The second-order valence-corrected chi connectivity index (χ2v) is 38.5. The third-order valence-electron chi connectivity index (χ3n) is 4.30. The SMILES string of the molecule is C=C(C)C(=O)OCCC[Si](O[Si](C)(C)C)(O[Si](C)(C)C)O[Si](CCCOC(C)=O)(O[Si](C)(C)C)O[Si](C)(C)C. The largest absolute Gasteiger partial charge is 0.472 e. The van der Waals surface area contributed by atoms with Crippen LogP contribution in [-0.4, -0.2) is 76.0 Å². The Hall–Kier alpha value is -0.219. The molecule has 0 aliphatic rings. The molecule has 0 heterocycles. The fourth-order valence-electron chi connectivity index (χ4n) is 3.62. The minimum Gasteiger partial charge on any atom is -0.466 e. The van der Waals surface area contributed by atoms with Gasteiger partial charge in [-0.25, -0.2) is 4.79 Å². The van der Waals surface area contributed by atoms with Gasteiger partial charge in [0, 0.05) is 24.6 Å². The van der Waals surface area contributed by atoms with Crippen molar-refractivity contribution in [2.45, 2.75) is 117 Å². The molecule has 0 amide bonds. The number of hydrogen-bond acceptors (Lipinski definition) is 9. The maximum atomic E-state index is 12.0. The van der Waals surface area contributed by atoms with Crippen molar-refractivity contribution in [1.29, 1.82) is 0 Å². The van der Waals surface area contributed by atoms with Crippen molar-refractivity contribution in [2.75, 3.05) is 13.2 Å². The van der Waals surface area contributed by atoms with Crippen LogP contribution in [0.2, 0.25) is 90.7 Å². The molecule has 230 valence electrons. The van der Waals surface area contributed by atoms with Crippen LogP contribution in [0.4, 0.5) is 0 Å². The first kappa shape index (κ1) is 38.8. The maximum absolute atomic E-state index is 12.0. The van der Waals surface area contributed by atoms with Gasteiger partial charge in [-0.15, -0.1) is 0 Å². The molecule has 0 radical (unpaired) electrons.